The highest BCUT2D eigenvalue weighted by Gasteiger charge is 2.20. The van der Waals surface area contributed by atoms with E-state index in [-0.39, 0.29) is 33.0 Å². The normalized spacial score (nSPS) is 11.1. The van der Waals surface area contributed by atoms with Crippen molar-refractivity contribution in [1.82, 2.24) is 0 Å². The van der Waals surface area contributed by atoms with Crippen LogP contribution in [0.3, 0.4) is 0 Å². The zero-order chi connectivity index (χ0) is 63.9. The predicted octanol–water partition coefficient (Wildman–Crippen LogP) is 18.1. The number of hydrogen-bond acceptors (Lipinski definition) is 10. The van der Waals surface area contributed by atoms with Gasteiger partial charge in [0.05, 0.1) is 0 Å². The first kappa shape index (κ1) is 70.4. The average molecular weight is 1150 g/mol. The van der Waals surface area contributed by atoms with Crippen molar-refractivity contribution in [3.05, 3.63) is 242 Å². The number of benzene rings is 7. The standard InChI is InChI=1S/2C17H18O2.2C14H18O2.C13H16O2/c1-5-16(18)19-15-9-7-12-10-14(17(2,3)4)8-6-13(12)11-15;1-5-16(18)19-15-11-10-14(17(2,3)4)12-8-6-7-9-13(12)15;1-5-13(15)16-10-11-6-8-12(9-7-11)14(2,3)4;1-5-13(15)16-12-8-6-11(7-9-12)10-14(2,3)4;1-5-12(14)15-11-8-6-10(7-9-11)13(2,3)4/h2*5-11H,1H2,2-4H3;2*5-9H,1,10H2,2-4H3;5-9H,1H2,2-4H3. The summed E-state index contributed by atoms with van der Waals surface area (Å²) in [7, 11) is 0. The average Bonchev–Trinajstić information content (AvgIpc) is 1.65. The number of rotatable bonds is 12. The predicted molar refractivity (Wildman–Crippen MR) is 349 cm³/mol. The fraction of sp³-hybridized carbons (Fsp3) is 0.293. The molecule has 0 atom stereocenters. The van der Waals surface area contributed by atoms with Crippen LogP contribution in [-0.4, -0.2) is 29.8 Å². The molecular weight excluding hydrogens is 1060 g/mol. The lowest BCUT2D eigenvalue weighted by atomic mass is 9.83. The maximum atomic E-state index is 11.4. The van der Waals surface area contributed by atoms with Gasteiger partial charge < -0.3 is 23.7 Å². The second-order valence-electron chi connectivity index (χ2n) is 25.3. The first-order valence-electron chi connectivity index (χ1n) is 28.1. The molecule has 0 spiro atoms. The van der Waals surface area contributed by atoms with Gasteiger partial charge in [-0.3, -0.25) is 0 Å². The molecule has 448 valence electrons. The summed E-state index contributed by atoms with van der Waals surface area (Å²) in [5.41, 5.74) is 7.93. The third-order valence-corrected chi connectivity index (χ3v) is 12.6. The lowest BCUT2D eigenvalue weighted by Gasteiger charge is -2.22. The van der Waals surface area contributed by atoms with Crippen LogP contribution in [-0.2, 0) is 63.4 Å². The summed E-state index contributed by atoms with van der Waals surface area (Å²) in [5, 5.41) is 4.27. The molecule has 0 N–H and O–H groups in total. The van der Waals surface area contributed by atoms with Crippen LogP contribution in [0.25, 0.3) is 21.5 Å². The van der Waals surface area contributed by atoms with Crippen molar-refractivity contribution in [1.29, 1.82) is 0 Å². The number of carbonyl (C=O) groups excluding carboxylic acids is 5. The third-order valence-electron chi connectivity index (χ3n) is 12.6. The minimum absolute atomic E-state index is 0.0422. The molecule has 0 radical (unpaired) electrons. The Morgan fingerprint density at radius 2 is 0.741 bits per heavy atom. The molecule has 0 aliphatic rings. The quantitative estimate of drug-likeness (QED) is 0.0662. The number of fused-ring (bicyclic) bond motifs is 2. The summed E-state index contributed by atoms with van der Waals surface area (Å²) in [6, 6.07) is 47.0. The number of hydrogen-bond donors (Lipinski definition) is 0. The van der Waals surface area contributed by atoms with Crippen molar-refractivity contribution >= 4 is 51.4 Å². The Hall–Kier alpha value is -8.89. The van der Waals surface area contributed by atoms with Gasteiger partial charge in [-0.2, -0.15) is 0 Å². The molecule has 0 aliphatic heterocycles. The first-order valence-corrected chi connectivity index (χ1v) is 28.1. The molecule has 0 saturated heterocycles. The summed E-state index contributed by atoms with van der Waals surface area (Å²) < 4.78 is 25.3. The van der Waals surface area contributed by atoms with E-state index in [1.807, 2.05) is 91.0 Å². The molecule has 10 nitrogen and oxygen atoms in total. The van der Waals surface area contributed by atoms with E-state index in [1.165, 1.54) is 40.0 Å². The van der Waals surface area contributed by atoms with Crippen molar-refractivity contribution in [3.63, 3.8) is 0 Å². The molecule has 7 rings (SSSR count). The van der Waals surface area contributed by atoms with E-state index in [0.717, 1.165) is 51.8 Å². The molecule has 7 aromatic rings. The number of carbonyl (C=O) groups is 5. The summed E-state index contributed by atoms with van der Waals surface area (Å²) in [4.78, 5) is 55.3. The van der Waals surface area contributed by atoms with E-state index in [9.17, 15) is 24.0 Å². The SMILES string of the molecule is C=CC(=O)OCc1ccc(C(C)(C)C)cc1.C=CC(=O)Oc1ccc(C(C)(C)C)c2ccccc12.C=CC(=O)Oc1ccc(C(C)(C)C)cc1.C=CC(=O)Oc1ccc(CC(C)(C)C)cc1.C=CC(=O)Oc1ccc2cc(C(C)(C)C)ccc2c1. The van der Waals surface area contributed by atoms with Gasteiger partial charge in [0, 0.05) is 35.8 Å². The van der Waals surface area contributed by atoms with E-state index < -0.39 is 23.9 Å². The fourth-order valence-electron chi connectivity index (χ4n) is 8.02. The van der Waals surface area contributed by atoms with Gasteiger partial charge >= 0.3 is 29.8 Å². The van der Waals surface area contributed by atoms with Crippen LogP contribution in [0.15, 0.2) is 209 Å². The molecule has 0 bridgehead atoms. The fourth-order valence-corrected chi connectivity index (χ4v) is 8.02. The third kappa shape index (κ3) is 24.8. The molecule has 0 aliphatic carbocycles. The Balaban J connectivity index is 0.000000279. The Morgan fingerprint density at radius 3 is 1.19 bits per heavy atom. The van der Waals surface area contributed by atoms with Gasteiger partial charge in [0.2, 0.25) is 0 Å². The Bertz CT molecular complexity index is 3420. The molecule has 0 amide bonds. The molecule has 10 heteroatoms. The van der Waals surface area contributed by atoms with Crippen LogP contribution in [0.2, 0.25) is 0 Å². The molecular formula is C75H88O10. The van der Waals surface area contributed by atoms with E-state index in [1.54, 1.807) is 18.2 Å². The highest BCUT2D eigenvalue weighted by atomic mass is 16.5. The zero-order valence-electron chi connectivity index (χ0n) is 52.8. The van der Waals surface area contributed by atoms with Gasteiger partial charge in [0.1, 0.15) is 29.6 Å². The number of ether oxygens (including phenoxy) is 5. The second kappa shape index (κ2) is 31.7. The van der Waals surface area contributed by atoms with Gasteiger partial charge in [0.15, 0.2) is 0 Å². The van der Waals surface area contributed by atoms with E-state index in [2.05, 4.69) is 173 Å². The van der Waals surface area contributed by atoms with E-state index in [0.29, 0.717) is 29.6 Å². The number of esters is 5. The minimum Gasteiger partial charge on any atom is -0.458 e. The van der Waals surface area contributed by atoms with Gasteiger partial charge in [0.25, 0.3) is 0 Å². The molecule has 0 heterocycles. The van der Waals surface area contributed by atoms with Crippen molar-refractivity contribution in [2.24, 2.45) is 5.41 Å². The minimum atomic E-state index is -0.439. The van der Waals surface area contributed by atoms with Gasteiger partial charge in [-0.1, -0.05) is 240 Å². The Labute approximate surface area is 505 Å². The van der Waals surface area contributed by atoms with Crippen LogP contribution in [0.5, 0.6) is 23.0 Å². The Morgan fingerprint density at radius 1 is 0.365 bits per heavy atom. The van der Waals surface area contributed by atoms with Crippen molar-refractivity contribution in [2.45, 2.75) is 139 Å². The van der Waals surface area contributed by atoms with Gasteiger partial charge in [-0.05, 0) is 125 Å². The van der Waals surface area contributed by atoms with Gasteiger partial charge in [-0.25, -0.2) is 24.0 Å². The van der Waals surface area contributed by atoms with Crippen LogP contribution in [0.1, 0.15) is 137 Å². The summed E-state index contributed by atoms with van der Waals surface area (Å²) >= 11 is 0. The maximum Gasteiger partial charge on any atom is 0.335 e. The van der Waals surface area contributed by atoms with Crippen molar-refractivity contribution in [3.8, 4) is 23.0 Å². The van der Waals surface area contributed by atoms with E-state index >= 15 is 0 Å². The monoisotopic (exact) mass is 1150 g/mol. The molecule has 0 fully saturated rings. The Kier molecular flexibility index (Phi) is 26.2. The van der Waals surface area contributed by atoms with Crippen LogP contribution in [0.4, 0.5) is 0 Å². The van der Waals surface area contributed by atoms with Crippen LogP contribution in [0, 0.1) is 5.41 Å². The zero-order valence-corrected chi connectivity index (χ0v) is 52.8. The lowest BCUT2D eigenvalue weighted by Crippen LogP contribution is -2.12. The van der Waals surface area contributed by atoms with Gasteiger partial charge in [-0.15, -0.1) is 0 Å². The molecule has 0 unspecified atom stereocenters. The highest BCUT2D eigenvalue weighted by molar-refractivity contribution is 5.95. The molecule has 0 saturated carbocycles. The van der Waals surface area contributed by atoms with Crippen LogP contribution >= 0.6 is 0 Å². The van der Waals surface area contributed by atoms with Crippen molar-refractivity contribution in [2.75, 3.05) is 0 Å². The van der Waals surface area contributed by atoms with Crippen LogP contribution < -0.4 is 18.9 Å². The maximum absolute atomic E-state index is 11.4. The second-order valence-corrected chi connectivity index (χ2v) is 25.3. The van der Waals surface area contributed by atoms with E-state index in [4.69, 9.17) is 23.7 Å². The van der Waals surface area contributed by atoms with Crippen molar-refractivity contribution < 1.29 is 47.7 Å². The molecule has 0 aromatic heterocycles. The topological polar surface area (TPSA) is 132 Å². The first-order chi connectivity index (χ1) is 39.6. The summed E-state index contributed by atoms with van der Waals surface area (Å²) in [6.07, 6.45) is 6.81. The lowest BCUT2D eigenvalue weighted by molar-refractivity contribution is -0.139. The largest absolute Gasteiger partial charge is 0.458 e. The summed E-state index contributed by atoms with van der Waals surface area (Å²) in [6.45, 7) is 49.7. The molecule has 85 heavy (non-hydrogen) atoms. The summed E-state index contributed by atoms with van der Waals surface area (Å²) in [5.74, 6) is 0.103. The smallest absolute Gasteiger partial charge is 0.335 e. The highest BCUT2D eigenvalue weighted by Crippen LogP contribution is 2.35. The molecule has 7 aromatic carbocycles.